The van der Waals surface area contributed by atoms with Gasteiger partial charge in [-0.15, -0.1) is 5.10 Å². The summed E-state index contributed by atoms with van der Waals surface area (Å²) in [7, 11) is 0. The van der Waals surface area contributed by atoms with Gasteiger partial charge in [-0.25, -0.2) is 0 Å². The number of rotatable bonds is 0. The molecule has 0 N–H and O–H groups in total. The van der Waals surface area contributed by atoms with E-state index in [0.717, 1.165) is 10.2 Å². The van der Waals surface area contributed by atoms with E-state index in [-0.39, 0.29) is 0 Å². The lowest BCUT2D eigenvalue weighted by Crippen LogP contribution is -1.64. The third kappa shape index (κ3) is 0.695. The Balaban J connectivity index is 2.95. The molecule has 0 bridgehead atoms. The fourth-order valence-electron chi connectivity index (χ4n) is 0.671. The standard InChI is InChI=1S/C6H3N2S/c1-2-4-6-5(3-1)7-8-9-6/h2-4H. The Morgan fingerprint density at radius 1 is 1.56 bits per heavy atom. The second-order valence-electron chi connectivity index (χ2n) is 1.67. The molecule has 0 aliphatic heterocycles. The molecule has 3 heteroatoms. The van der Waals surface area contributed by atoms with Crippen molar-refractivity contribution in [3.05, 3.63) is 24.3 Å². The maximum atomic E-state index is 3.86. The van der Waals surface area contributed by atoms with Crippen molar-refractivity contribution in [1.82, 2.24) is 9.59 Å². The van der Waals surface area contributed by atoms with Crippen LogP contribution in [0.2, 0.25) is 0 Å². The van der Waals surface area contributed by atoms with Crippen LogP contribution in [0.25, 0.3) is 10.2 Å². The number of hydrogen-bond donors (Lipinski definition) is 0. The van der Waals surface area contributed by atoms with Gasteiger partial charge in [-0.1, -0.05) is 10.6 Å². The fraction of sp³-hybridized carbons (Fsp3) is 0. The molecule has 1 heterocycles. The molecule has 1 aromatic carbocycles. The summed E-state index contributed by atoms with van der Waals surface area (Å²) in [5.74, 6) is 0. The molecule has 2 rings (SSSR count). The predicted molar refractivity (Wildman–Crippen MR) is 36.3 cm³/mol. The summed E-state index contributed by atoms with van der Waals surface area (Å²) in [4.78, 5) is 0. The molecule has 0 aliphatic carbocycles. The molecule has 2 aromatic rings. The summed E-state index contributed by atoms with van der Waals surface area (Å²) in [5, 5.41) is 3.86. The Kier molecular flexibility index (Phi) is 0.960. The zero-order valence-electron chi connectivity index (χ0n) is 4.53. The predicted octanol–water partition coefficient (Wildman–Crippen LogP) is 1.49. The van der Waals surface area contributed by atoms with E-state index in [1.807, 2.05) is 18.2 Å². The lowest BCUT2D eigenvalue weighted by atomic mass is 10.3. The SMILES string of the molecule is [c]1ccc2snnc2c1. The number of nitrogens with zero attached hydrogens (tertiary/aromatic N) is 2. The van der Waals surface area contributed by atoms with Gasteiger partial charge in [0, 0.05) is 0 Å². The van der Waals surface area contributed by atoms with Crippen LogP contribution in [0.3, 0.4) is 0 Å². The van der Waals surface area contributed by atoms with Gasteiger partial charge in [0.2, 0.25) is 0 Å². The van der Waals surface area contributed by atoms with E-state index < -0.39 is 0 Å². The fourth-order valence-corrected chi connectivity index (χ4v) is 1.21. The smallest absolute Gasteiger partial charge is 0.106 e. The van der Waals surface area contributed by atoms with E-state index in [2.05, 4.69) is 15.7 Å². The number of hydrogen-bond acceptors (Lipinski definition) is 3. The minimum atomic E-state index is 0.933. The Hall–Kier alpha value is -0.960. The average molecular weight is 135 g/mol. The van der Waals surface area contributed by atoms with Crippen LogP contribution in [-0.2, 0) is 0 Å². The highest BCUT2D eigenvalue weighted by Gasteiger charge is 1.91. The van der Waals surface area contributed by atoms with E-state index in [9.17, 15) is 0 Å². The van der Waals surface area contributed by atoms with Crippen molar-refractivity contribution in [3.8, 4) is 0 Å². The van der Waals surface area contributed by atoms with Gasteiger partial charge in [0.05, 0.1) is 4.70 Å². The molecule has 0 saturated carbocycles. The van der Waals surface area contributed by atoms with Gasteiger partial charge in [-0.3, -0.25) is 0 Å². The molecule has 0 spiro atoms. The van der Waals surface area contributed by atoms with Crippen molar-refractivity contribution in [2.75, 3.05) is 0 Å². The minimum absolute atomic E-state index is 0.933. The first-order chi connectivity index (χ1) is 4.47. The summed E-state index contributed by atoms with van der Waals surface area (Å²) < 4.78 is 4.89. The molecular weight excluding hydrogens is 132 g/mol. The quantitative estimate of drug-likeness (QED) is 0.547. The minimum Gasteiger partial charge on any atom is -0.138 e. The summed E-state index contributed by atoms with van der Waals surface area (Å²) in [6.45, 7) is 0. The van der Waals surface area contributed by atoms with Gasteiger partial charge in [-0.05, 0) is 29.7 Å². The van der Waals surface area contributed by atoms with Crippen LogP contribution in [0.5, 0.6) is 0 Å². The number of aromatic nitrogens is 2. The number of benzene rings is 1. The summed E-state index contributed by atoms with van der Waals surface area (Å²) in [6, 6.07) is 8.58. The summed E-state index contributed by atoms with van der Waals surface area (Å²) >= 11 is 1.41. The van der Waals surface area contributed by atoms with Crippen LogP contribution in [0.15, 0.2) is 18.2 Å². The van der Waals surface area contributed by atoms with Gasteiger partial charge < -0.3 is 0 Å². The van der Waals surface area contributed by atoms with E-state index in [1.165, 1.54) is 11.5 Å². The van der Waals surface area contributed by atoms with E-state index in [4.69, 9.17) is 0 Å². The third-order valence-corrected chi connectivity index (χ3v) is 1.80. The van der Waals surface area contributed by atoms with E-state index in [0.29, 0.717) is 0 Å². The first-order valence-electron chi connectivity index (χ1n) is 2.55. The molecule has 1 aromatic heterocycles. The molecule has 0 amide bonds. The lowest BCUT2D eigenvalue weighted by molar-refractivity contribution is 1.20. The van der Waals surface area contributed by atoms with Crippen LogP contribution in [0.1, 0.15) is 0 Å². The molecule has 0 atom stereocenters. The second kappa shape index (κ2) is 1.77. The highest BCUT2D eigenvalue weighted by molar-refractivity contribution is 7.12. The van der Waals surface area contributed by atoms with Crippen molar-refractivity contribution in [1.29, 1.82) is 0 Å². The van der Waals surface area contributed by atoms with Crippen LogP contribution in [0.4, 0.5) is 0 Å². The van der Waals surface area contributed by atoms with Crippen molar-refractivity contribution in [3.63, 3.8) is 0 Å². The zero-order valence-corrected chi connectivity index (χ0v) is 5.35. The topological polar surface area (TPSA) is 25.8 Å². The normalized spacial score (nSPS) is 10.2. The first-order valence-corrected chi connectivity index (χ1v) is 3.32. The van der Waals surface area contributed by atoms with Crippen molar-refractivity contribution < 1.29 is 0 Å². The third-order valence-electron chi connectivity index (χ3n) is 1.09. The molecule has 1 radical (unpaired) electrons. The Morgan fingerprint density at radius 3 is 3.44 bits per heavy atom. The van der Waals surface area contributed by atoms with Crippen LogP contribution < -0.4 is 0 Å². The highest BCUT2D eigenvalue weighted by atomic mass is 32.1. The first kappa shape index (κ1) is 4.88. The molecule has 0 aliphatic rings. The zero-order chi connectivity index (χ0) is 6.10. The molecular formula is C6H3N2S. The second-order valence-corrected chi connectivity index (χ2v) is 2.45. The summed E-state index contributed by atoms with van der Waals surface area (Å²) in [6.07, 6.45) is 0. The van der Waals surface area contributed by atoms with Gasteiger partial charge in [0.25, 0.3) is 0 Å². The average Bonchev–Trinajstić information content (AvgIpc) is 2.33. The molecule has 0 unspecified atom stereocenters. The monoisotopic (exact) mass is 135 g/mol. The van der Waals surface area contributed by atoms with E-state index in [1.54, 1.807) is 0 Å². The van der Waals surface area contributed by atoms with Crippen molar-refractivity contribution in [2.45, 2.75) is 0 Å². The van der Waals surface area contributed by atoms with Crippen LogP contribution in [-0.4, -0.2) is 9.59 Å². The molecule has 0 fully saturated rings. The van der Waals surface area contributed by atoms with Crippen molar-refractivity contribution in [2.24, 2.45) is 0 Å². The van der Waals surface area contributed by atoms with Crippen molar-refractivity contribution >= 4 is 21.7 Å². The van der Waals surface area contributed by atoms with E-state index >= 15 is 0 Å². The van der Waals surface area contributed by atoms with Gasteiger partial charge in [-0.2, -0.15) is 0 Å². The maximum absolute atomic E-state index is 3.86. The highest BCUT2D eigenvalue weighted by Crippen LogP contribution is 2.12. The van der Waals surface area contributed by atoms with Gasteiger partial charge in [0.1, 0.15) is 5.52 Å². The molecule has 2 nitrogen and oxygen atoms in total. The Labute approximate surface area is 56.3 Å². The molecule has 9 heavy (non-hydrogen) atoms. The summed E-state index contributed by atoms with van der Waals surface area (Å²) in [5.41, 5.74) is 0.933. The van der Waals surface area contributed by atoms with Gasteiger partial charge >= 0.3 is 0 Å². The van der Waals surface area contributed by atoms with Crippen LogP contribution in [0, 0.1) is 6.07 Å². The largest absolute Gasteiger partial charge is 0.138 e. The number of fused-ring (bicyclic) bond motifs is 1. The Bertz CT molecular complexity index is 285. The Morgan fingerprint density at radius 2 is 2.56 bits per heavy atom. The van der Waals surface area contributed by atoms with Crippen LogP contribution >= 0.6 is 11.5 Å². The molecule has 0 saturated heterocycles. The van der Waals surface area contributed by atoms with Gasteiger partial charge in [0.15, 0.2) is 0 Å². The maximum Gasteiger partial charge on any atom is 0.106 e. The lowest BCUT2D eigenvalue weighted by Gasteiger charge is -1.77. The molecule has 43 valence electrons.